The van der Waals surface area contributed by atoms with Gasteiger partial charge in [0.25, 0.3) is 0 Å². The lowest BCUT2D eigenvalue weighted by atomic mass is 9.68. The minimum atomic E-state index is -0.868. The third-order valence-electron chi connectivity index (χ3n) is 11.2. The van der Waals surface area contributed by atoms with Gasteiger partial charge in [-0.05, 0) is 64.4 Å². The number of ether oxygens (including phenoxy) is 6. The number of hydrogen-bond acceptors (Lipinski definition) is 12. The molecule has 3 aliphatic rings. The second-order valence-electron chi connectivity index (χ2n) is 16.6. The van der Waals surface area contributed by atoms with Gasteiger partial charge in [-0.1, -0.05) is 55.8 Å². The van der Waals surface area contributed by atoms with Crippen LogP contribution in [0, 0.1) is 11.8 Å². The maximum Gasteiger partial charge on any atom is 0.306 e. The van der Waals surface area contributed by atoms with Crippen molar-refractivity contribution in [1.82, 2.24) is 21.3 Å². The fourth-order valence-electron chi connectivity index (χ4n) is 8.00. The third kappa shape index (κ3) is 15.4. The van der Waals surface area contributed by atoms with E-state index in [0.29, 0.717) is 65.1 Å². The van der Waals surface area contributed by atoms with Crippen LogP contribution in [0.4, 0.5) is 0 Å². The van der Waals surface area contributed by atoms with Crippen LogP contribution in [0.3, 0.4) is 0 Å². The van der Waals surface area contributed by atoms with Crippen LogP contribution < -0.4 is 21.3 Å². The first-order valence-electron chi connectivity index (χ1n) is 21.2. The molecule has 1 saturated carbocycles. The molecule has 0 radical (unpaired) electrons. The highest BCUT2D eigenvalue weighted by molar-refractivity contribution is 5.90. The maximum absolute atomic E-state index is 13.3. The van der Waals surface area contributed by atoms with E-state index in [4.69, 9.17) is 28.4 Å². The van der Waals surface area contributed by atoms with Crippen LogP contribution >= 0.6 is 0 Å². The fourth-order valence-corrected chi connectivity index (χ4v) is 8.00. The molecule has 3 fully saturated rings. The van der Waals surface area contributed by atoms with Gasteiger partial charge in [-0.2, -0.15) is 0 Å². The zero-order valence-electron chi connectivity index (χ0n) is 35.9. The van der Waals surface area contributed by atoms with Crippen LogP contribution in [0.1, 0.15) is 85.1 Å². The fraction of sp³-hybridized carbons (Fsp3) is 0.705. The zero-order valence-corrected chi connectivity index (χ0v) is 35.9. The number of carbonyl (C=O) groups excluding carboxylic acids is 5. The van der Waals surface area contributed by atoms with E-state index in [0.717, 1.165) is 18.4 Å². The molecule has 330 valence electrons. The van der Waals surface area contributed by atoms with Crippen molar-refractivity contribution in [3.8, 4) is 0 Å². The first-order valence-corrected chi connectivity index (χ1v) is 21.2. The predicted octanol–water partition coefficient (Wildman–Crippen LogP) is 2.97. The van der Waals surface area contributed by atoms with E-state index in [-0.39, 0.29) is 91.5 Å². The van der Waals surface area contributed by atoms with Crippen molar-refractivity contribution in [2.75, 3.05) is 59.8 Å². The highest BCUT2D eigenvalue weighted by Crippen LogP contribution is 2.59. The van der Waals surface area contributed by atoms with Gasteiger partial charge in [0.1, 0.15) is 35.7 Å². The quantitative estimate of drug-likeness (QED) is 0.0318. The van der Waals surface area contributed by atoms with Crippen LogP contribution in [0.25, 0.3) is 0 Å². The highest BCUT2D eigenvalue weighted by Gasteiger charge is 2.72. The van der Waals surface area contributed by atoms with E-state index in [1.54, 1.807) is 7.11 Å². The number of rotatable bonds is 28. The molecule has 0 bridgehead atoms. The molecule has 2 aliphatic heterocycles. The molecular formula is C44H68N4O11. The van der Waals surface area contributed by atoms with Crippen LogP contribution in [0.2, 0.25) is 0 Å². The van der Waals surface area contributed by atoms with E-state index >= 15 is 0 Å². The summed E-state index contributed by atoms with van der Waals surface area (Å²) < 4.78 is 35.4. The van der Waals surface area contributed by atoms with Crippen molar-refractivity contribution in [2.45, 2.75) is 128 Å². The Labute approximate surface area is 349 Å². The molecule has 1 aromatic carbocycles. The summed E-state index contributed by atoms with van der Waals surface area (Å²) in [7, 11) is 1.67. The Bertz CT molecular complexity index is 1530. The second-order valence-corrected chi connectivity index (χ2v) is 16.6. The van der Waals surface area contributed by atoms with Crippen LogP contribution in [-0.2, 0) is 58.8 Å². The lowest BCUT2D eigenvalue weighted by Gasteiger charge is -2.42. The average Bonchev–Trinajstić information content (AvgIpc) is 4.13. The van der Waals surface area contributed by atoms with Crippen molar-refractivity contribution in [3.05, 3.63) is 47.5 Å². The molecule has 15 nitrogen and oxygen atoms in total. The number of hydrogen-bond donors (Lipinski definition) is 4. The third-order valence-corrected chi connectivity index (χ3v) is 11.2. The summed E-state index contributed by atoms with van der Waals surface area (Å²) in [5.74, 6) is -1.11. The van der Waals surface area contributed by atoms with Crippen molar-refractivity contribution < 1.29 is 52.4 Å². The number of benzene rings is 1. The molecule has 15 heteroatoms. The van der Waals surface area contributed by atoms with Gasteiger partial charge >= 0.3 is 5.97 Å². The minimum absolute atomic E-state index is 0.0210. The summed E-state index contributed by atoms with van der Waals surface area (Å²) in [6, 6.07) is 7.82. The molecule has 0 aromatic heterocycles. The predicted molar refractivity (Wildman–Crippen MR) is 220 cm³/mol. The first-order chi connectivity index (χ1) is 28.3. The Morgan fingerprint density at radius 2 is 1.68 bits per heavy atom. The summed E-state index contributed by atoms with van der Waals surface area (Å²) >= 11 is 0. The van der Waals surface area contributed by atoms with Crippen LogP contribution in [-0.4, -0.2) is 131 Å². The molecule has 2 heterocycles. The average molecular weight is 829 g/mol. The number of nitrogens with one attached hydrogen (secondary N) is 4. The summed E-state index contributed by atoms with van der Waals surface area (Å²) in [6.07, 6.45) is 6.19. The summed E-state index contributed by atoms with van der Waals surface area (Å²) in [4.78, 5) is 62.3. The Kier molecular flexibility index (Phi) is 19.4. The Balaban J connectivity index is 1.06. The lowest BCUT2D eigenvalue weighted by molar-refractivity contribution is -0.172. The smallest absolute Gasteiger partial charge is 0.306 e. The van der Waals surface area contributed by atoms with Gasteiger partial charge in [-0.15, -0.1) is 0 Å². The number of esters is 1. The molecule has 1 aliphatic carbocycles. The lowest BCUT2D eigenvalue weighted by Crippen LogP contribution is -2.55. The van der Waals surface area contributed by atoms with E-state index in [9.17, 15) is 24.0 Å². The standard InChI is InChI=1S/C44H68N4O11/c1-30(2)14-15-36-43(5,59-36)40-39(54-6)35(16-18-44(40)29-57-44)58-38(51)13-10-23-55-25-26-56-24-21-46-37(50)17-19-45-33(27-31(3)4)42(53)48-34(41(52)47-20-22-49)28-32-11-8-7-9-12-32/h7-9,11-12,14,22,31,33-36,39-40,45H,10,13,15-21,23-29H2,1-6H3,(H,46,50)(H,47,52)(H,48,53)/t33-,34-,35?,36+,39?,40?,43+,44-/m0/s1. The number of aldehydes is 1. The molecule has 3 amide bonds. The van der Waals surface area contributed by atoms with Gasteiger partial charge in [0.15, 0.2) is 0 Å². The summed E-state index contributed by atoms with van der Waals surface area (Å²) in [6.45, 7) is 12.7. The van der Waals surface area contributed by atoms with Gasteiger partial charge in [-0.3, -0.25) is 19.2 Å². The van der Waals surface area contributed by atoms with E-state index in [2.05, 4.69) is 48.1 Å². The van der Waals surface area contributed by atoms with Gasteiger partial charge < -0.3 is 54.5 Å². The molecule has 4 rings (SSSR count). The van der Waals surface area contributed by atoms with Crippen molar-refractivity contribution in [3.63, 3.8) is 0 Å². The molecule has 1 spiro atoms. The van der Waals surface area contributed by atoms with Crippen molar-refractivity contribution in [1.29, 1.82) is 0 Å². The number of allylic oxidation sites excluding steroid dienone is 1. The topological polar surface area (TPSA) is 195 Å². The van der Waals surface area contributed by atoms with Gasteiger partial charge in [0.2, 0.25) is 17.7 Å². The molecule has 2 saturated heterocycles. The normalized spacial score (nSPS) is 25.4. The molecule has 4 N–H and O–H groups in total. The zero-order chi connectivity index (χ0) is 42.8. The van der Waals surface area contributed by atoms with E-state index in [1.165, 1.54) is 5.57 Å². The van der Waals surface area contributed by atoms with Gasteiger partial charge in [0.05, 0.1) is 51.0 Å². The summed E-state index contributed by atoms with van der Waals surface area (Å²) in [5.41, 5.74) is 1.46. The number of epoxide rings is 2. The number of carbonyl (C=O) groups is 5. The Morgan fingerprint density at radius 1 is 0.949 bits per heavy atom. The van der Waals surface area contributed by atoms with Crippen LogP contribution in [0.15, 0.2) is 42.0 Å². The van der Waals surface area contributed by atoms with Gasteiger partial charge in [-0.25, -0.2) is 0 Å². The largest absolute Gasteiger partial charge is 0.460 e. The molecule has 3 unspecified atom stereocenters. The van der Waals surface area contributed by atoms with Crippen LogP contribution in [0.5, 0.6) is 0 Å². The highest BCUT2D eigenvalue weighted by atomic mass is 16.6. The van der Waals surface area contributed by atoms with E-state index < -0.39 is 18.0 Å². The molecular weight excluding hydrogens is 761 g/mol. The van der Waals surface area contributed by atoms with Crippen molar-refractivity contribution in [2.24, 2.45) is 11.8 Å². The van der Waals surface area contributed by atoms with Crippen molar-refractivity contribution >= 4 is 30.0 Å². The van der Waals surface area contributed by atoms with E-state index in [1.807, 2.05) is 44.2 Å². The molecule has 59 heavy (non-hydrogen) atoms. The Morgan fingerprint density at radius 3 is 2.34 bits per heavy atom. The SMILES string of the molecule is COC1C(OC(=O)CCCOCCOCCNC(=O)CCN[C@@H](CC(C)C)C(=O)N[C@@H](Cc2ccccc2)C(=O)NCC=O)CC[C@]2(CO2)C1[C@]1(C)O[C@@H]1CC=C(C)C. The molecule has 8 atom stereocenters. The Hall–Kier alpha value is -3.73. The minimum Gasteiger partial charge on any atom is -0.460 e. The first kappa shape index (κ1) is 47.9. The maximum atomic E-state index is 13.3. The summed E-state index contributed by atoms with van der Waals surface area (Å²) in [5, 5.41) is 11.4. The number of methoxy groups -OCH3 is 1. The number of amides is 3. The second kappa shape index (κ2) is 23.9. The molecule has 1 aromatic rings. The monoisotopic (exact) mass is 828 g/mol. The van der Waals surface area contributed by atoms with Gasteiger partial charge in [0, 0.05) is 46.1 Å².